The highest BCUT2D eigenvalue weighted by Gasteiger charge is 2.35. The number of hydrogen-bond acceptors (Lipinski definition) is 5. The number of aryl methyl sites for hydroxylation is 2. The second-order valence-electron chi connectivity index (χ2n) is 6.69. The maximum atomic E-state index is 13.0. The number of aliphatic carboxylic acids is 1. The van der Waals surface area contributed by atoms with E-state index in [2.05, 4.69) is 0 Å². The fourth-order valence-corrected chi connectivity index (χ4v) is 3.61. The van der Waals surface area contributed by atoms with E-state index in [-0.39, 0.29) is 48.8 Å². The number of nitrogens with zero attached hydrogens (tertiary/aromatic N) is 1. The van der Waals surface area contributed by atoms with Crippen molar-refractivity contribution in [2.75, 3.05) is 13.1 Å². The summed E-state index contributed by atoms with van der Waals surface area (Å²) in [5.41, 5.74) is 6.67. The van der Waals surface area contributed by atoms with Gasteiger partial charge in [-0.3, -0.25) is 14.4 Å². The van der Waals surface area contributed by atoms with Crippen LogP contribution in [0.2, 0.25) is 0 Å². The minimum Gasteiger partial charge on any atom is -0.481 e. The third-order valence-electron chi connectivity index (χ3n) is 4.88. The number of amides is 1. The summed E-state index contributed by atoms with van der Waals surface area (Å²) >= 11 is 0. The van der Waals surface area contributed by atoms with Crippen LogP contribution >= 0.6 is 12.4 Å². The number of Topliss-reactive ketones (excluding diaryl/α,β-unsaturated/α-hetero) is 1. The summed E-state index contributed by atoms with van der Waals surface area (Å²) in [5.74, 6) is -1.00. The molecule has 138 valence electrons. The fourth-order valence-electron chi connectivity index (χ4n) is 3.61. The number of hydrogen-bond donors (Lipinski definition) is 2. The van der Waals surface area contributed by atoms with Crippen molar-refractivity contribution in [1.29, 1.82) is 0 Å². The molecule has 1 saturated heterocycles. The number of carbonyl (C=O) groups excluding carboxylic acids is 2. The number of ketones is 1. The molecule has 0 bridgehead atoms. The molecule has 7 nitrogen and oxygen atoms in total. The van der Waals surface area contributed by atoms with Gasteiger partial charge < -0.3 is 20.2 Å². The van der Waals surface area contributed by atoms with Gasteiger partial charge in [-0.1, -0.05) is 0 Å². The zero-order valence-electron chi connectivity index (χ0n) is 14.1. The van der Waals surface area contributed by atoms with Gasteiger partial charge in [0.05, 0.1) is 17.0 Å². The summed E-state index contributed by atoms with van der Waals surface area (Å²) in [6.07, 6.45) is 2.78. The summed E-state index contributed by atoms with van der Waals surface area (Å²) < 4.78 is 5.64. The van der Waals surface area contributed by atoms with Gasteiger partial charge in [0, 0.05) is 32.0 Å². The lowest BCUT2D eigenvalue weighted by Crippen LogP contribution is -2.42. The largest absolute Gasteiger partial charge is 0.481 e. The van der Waals surface area contributed by atoms with Crippen LogP contribution in [0.5, 0.6) is 0 Å². The molecule has 1 aliphatic carbocycles. The lowest BCUT2D eigenvalue weighted by Gasteiger charge is -2.24. The molecule has 3 rings (SSSR count). The van der Waals surface area contributed by atoms with Gasteiger partial charge >= 0.3 is 5.97 Å². The number of rotatable bonds is 2. The summed E-state index contributed by atoms with van der Waals surface area (Å²) in [6, 6.07) is -0.267. The standard InChI is InChI=1S/C17H22N2O5.ClH/c1-9-14(15-12(20)3-2-4-13(15)24-9)16(21)19-7-10(17(22)23)5-6-11(18)8-19;/h10-11H,2-8,18H2,1H3,(H,22,23);1H/t10-,11+;/m0./s1. The third kappa shape index (κ3) is 3.72. The lowest BCUT2D eigenvalue weighted by atomic mass is 9.92. The highest BCUT2D eigenvalue weighted by Crippen LogP contribution is 2.31. The van der Waals surface area contributed by atoms with Gasteiger partial charge in [0.1, 0.15) is 11.5 Å². The Morgan fingerprint density at radius 1 is 1.24 bits per heavy atom. The smallest absolute Gasteiger partial charge is 0.308 e. The molecule has 2 heterocycles. The van der Waals surface area contributed by atoms with E-state index in [0.29, 0.717) is 42.8 Å². The van der Waals surface area contributed by atoms with Crippen molar-refractivity contribution in [2.24, 2.45) is 11.7 Å². The summed E-state index contributed by atoms with van der Waals surface area (Å²) in [5, 5.41) is 9.32. The Hall–Kier alpha value is -1.86. The molecule has 0 radical (unpaired) electrons. The summed E-state index contributed by atoms with van der Waals surface area (Å²) in [7, 11) is 0. The van der Waals surface area contributed by atoms with Crippen LogP contribution in [-0.4, -0.2) is 46.8 Å². The molecule has 3 N–H and O–H groups in total. The van der Waals surface area contributed by atoms with Crippen LogP contribution in [0.3, 0.4) is 0 Å². The van der Waals surface area contributed by atoms with Gasteiger partial charge in [0.2, 0.25) is 0 Å². The van der Waals surface area contributed by atoms with Crippen LogP contribution in [0.15, 0.2) is 4.42 Å². The highest BCUT2D eigenvalue weighted by molar-refractivity contribution is 6.10. The van der Waals surface area contributed by atoms with Crippen LogP contribution in [0, 0.1) is 12.8 Å². The first kappa shape index (κ1) is 19.5. The van der Waals surface area contributed by atoms with Gasteiger partial charge in [-0.15, -0.1) is 12.4 Å². The molecule has 1 aliphatic heterocycles. The van der Waals surface area contributed by atoms with E-state index in [0.717, 1.165) is 6.42 Å². The molecule has 1 aromatic rings. The zero-order chi connectivity index (χ0) is 17.4. The number of likely N-dealkylation sites (tertiary alicyclic amines) is 1. The molecule has 2 atom stereocenters. The third-order valence-corrected chi connectivity index (χ3v) is 4.88. The van der Waals surface area contributed by atoms with E-state index in [1.54, 1.807) is 6.92 Å². The Morgan fingerprint density at radius 3 is 2.64 bits per heavy atom. The Kier molecular flexibility index (Phi) is 5.90. The summed E-state index contributed by atoms with van der Waals surface area (Å²) in [6.45, 7) is 2.07. The average molecular weight is 371 g/mol. The zero-order valence-corrected chi connectivity index (χ0v) is 14.9. The number of furan rings is 1. The number of nitrogens with two attached hydrogens (primary N) is 1. The molecule has 1 aromatic heterocycles. The minimum absolute atomic E-state index is 0. The molecular formula is C17H23ClN2O5. The molecule has 8 heteroatoms. The Morgan fingerprint density at radius 2 is 1.96 bits per heavy atom. The molecule has 1 amide bonds. The van der Waals surface area contributed by atoms with Crippen molar-refractivity contribution in [3.05, 3.63) is 22.6 Å². The number of fused-ring (bicyclic) bond motifs is 1. The molecular weight excluding hydrogens is 348 g/mol. The number of halogens is 1. The second kappa shape index (κ2) is 7.58. The van der Waals surface area contributed by atoms with Gasteiger partial charge in [0.25, 0.3) is 5.91 Å². The maximum absolute atomic E-state index is 13.0. The predicted octanol–water partition coefficient (Wildman–Crippen LogP) is 1.79. The number of carboxylic acids is 1. The van der Waals surface area contributed by atoms with Crippen molar-refractivity contribution >= 4 is 30.1 Å². The topological polar surface area (TPSA) is 114 Å². The first-order chi connectivity index (χ1) is 11.4. The normalized spacial score (nSPS) is 23.4. The van der Waals surface area contributed by atoms with Gasteiger partial charge in [-0.2, -0.15) is 0 Å². The van der Waals surface area contributed by atoms with Crippen LogP contribution < -0.4 is 5.73 Å². The van der Waals surface area contributed by atoms with E-state index in [9.17, 15) is 19.5 Å². The molecule has 0 saturated carbocycles. The molecule has 0 aromatic carbocycles. The predicted molar refractivity (Wildman–Crippen MR) is 92.2 cm³/mol. The highest BCUT2D eigenvalue weighted by atomic mass is 35.5. The molecule has 0 unspecified atom stereocenters. The van der Waals surface area contributed by atoms with E-state index >= 15 is 0 Å². The van der Waals surface area contributed by atoms with Crippen molar-refractivity contribution in [1.82, 2.24) is 4.90 Å². The lowest BCUT2D eigenvalue weighted by molar-refractivity contribution is -0.142. The molecule has 0 spiro atoms. The SMILES string of the molecule is Cc1oc2c(c1C(=O)N1C[C@H](N)CC[C@H](C(=O)O)C1)C(=O)CCC2.Cl. The Labute approximate surface area is 151 Å². The van der Waals surface area contributed by atoms with Gasteiger partial charge in [-0.05, 0) is 26.2 Å². The Bertz CT molecular complexity index is 699. The van der Waals surface area contributed by atoms with Crippen molar-refractivity contribution in [2.45, 2.75) is 45.1 Å². The van der Waals surface area contributed by atoms with Crippen molar-refractivity contribution in [3.63, 3.8) is 0 Å². The van der Waals surface area contributed by atoms with Crippen LogP contribution in [0.1, 0.15) is 57.9 Å². The maximum Gasteiger partial charge on any atom is 0.308 e. The molecule has 2 aliphatic rings. The quantitative estimate of drug-likeness (QED) is 0.820. The first-order valence-corrected chi connectivity index (χ1v) is 8.31. The Balaban J connectivity index is 0.00000225. The fraction of sp³-hybridized carbons (Fsp3) is 0.588. The second-order valence-corrected chi connectivity index (χ2v) is 6.69. The van der Waals surface area contributed by atoms with E-state index < -0.39 is 11.9 Å². The molecule has 1 fully saturated rings. The summed E-state index contributed by atoms with van der Waals surface area (Å²) in [4.78, 5) is 38.1. The van der Waals surface area contributed by atoms with Crippen molar-refractivity contribution in [3.8, 4) is 0 Å². The van der Waals surface area contributed by atoms with Crippen LogP contribution in [0.4, 0.5) is 0 Å². The van der Waals surface area contributed by atoms with Crippen LogP contribution in [0.25, 0.3) is 0 Å². The number of carbonyl (C=O) groups is 3. The van der Waals surface area contributed by atoms with Gasteiger partial charge in [0.15, 0.2) is 5.78 Å². The van der Waals surface area contributed by atoms with Crippen LogP contribution in [-0.2, 0) is 11.2 Å². The van der Waals surface area contributed by atoms with E-state index in [1.165, 1.54) is 4.90 Å². The number of carboxylic acid groups (broad SMARTS) is 1. The van der Waals surface area contributed by atoms with E-state index in [4.69, 9.17) is 10.2 Å². The van der Waals surface area contributed by atoms with Crippen molar-refractivity contribution < 1.29 is 23.9 Å². The van der Waals surface area contributed by atoms with Gasteiger partial charge in [-0.25, -0.2) is 0 Å². The van der Waals surface area contributed by atoms with E-state index in [1.807, 2.05) is 0 Å². The monoisotopic (exact) mass is 370 g/mol. The average Bonchev–Trinajstić information content (AvgIpc) is 2.72. The minimum atomic E-state index is -0.927. The first-order valence-electron chi connectivity index (χ1n) is 8.31. The molecule has 25 heavy (non-hydrogen) atoms.